The van der Waals surface area contributed by atoms with Crippen molar-refractivity contribution in [3.8, 4) is 0 Å². The summed E-state index contributed by atoms with van der Waals surface area (Å²) in [5.74, 6) is -1.64. The maximum absolute atomic E-state index is 12.1. The van der Waals surface area contributed by atoms with E-state index in [2.05, 4.69) is 5.32 Å². The first-order valence-electron chi connectivity index (χ1n) is 6.87. The number of amides is 1. The van der Waals surface area contributed by atoms with Crippen LogP contribution >= 0.6 is 7.60 Å². The molecule has 8 heteroatoms. The second-order valence-electron chi connectivity index (χ2n) is 4.67. The summed E-state index contributed by atoms with van der Waals surface area (Å²) < 4.78 is 16.8. The lowest BCUT2D eigenvalue weighted by Crippen LogP contribution is -2.38. The third-order valence-electron chi connectivity index (χ3n) is 2.89. The summed E-state index contributed by atoms with van der Waals surface area (Å²) in [6.07, 6.45) is -1.36. The molecule has 1 amide bonds. The minimum atomic E-state index is -3.85. The van der Waals surface area contributed by atoms with Gasteiger partial charge in [0.05, 0.1) is 6.42 Å². The smallest absolute Gasteiger partial charge is 0.328 e. The summed E-state index contributed by atoms with van der Waals surface area (Å²) in [6, 6.07) is 8.93. The molecule has 0 heterocycles. The van der Waals surface area contributed by atoms with Crippen molar-refractivity contribution in [1.82, 2.24) is 5.32 Å². The molecule has 22 heavy (non-hydrogen) atoms. The van der Waals surface area contributed by atoms with Crippen molar-refractivity contribution in [2.24, 2.45) is 0 Å². The molecule has 0 bridgehead atoms. The predicted octanol–water partition coefficient (Wildman–Crippen LogP) is 1.41. The minimum Gasteiger partial charge on any atom is -0.481 e. The Morgan fingerprint density at radius 3 is 2.50 bits per heavy atom. The average molecular weight is 329 g/mol. The summed E-state index contributed by atoms with van der Waals surface area (Å²) in [7, 11) is -3.85. The molecule has 3 N–H and O–H groups in total. The first kappa shape index (κ1) is 18.4. The van der Waals surface area contributed by atoms with Gasteiger partial charge in [0, 0.05) is 19.1 Å². The Labute approximate surface area is 128 Å². The zero-order valence-corrected chi connectivity index (χ0v) is 13.2. The van der Waals surface area contributed by atoms with Crippen LogP contribution in [0.15, 0.2) is 30.3 Å². The van der Waals surface area contributed by atoms with E-state index >= 15 is 0 Å². The standard InChI is InChI=1S/C14H20NO6P/c1-2-22(19,20)21-12(10-11-6-4-3-5-7-11)14(18)15-9-8-13(16)17/h3-7,12H,2,8-10H2,1H3,(H,15,18)(H,16,17)(H,19,20)/t12-/m0/s1. The largest absolute Gasteiger partial charge is 0.481 e. The van der Waals surface area contributed by atoms with E-state index < -0.39 is 25.6 Å². The Morgan fingerprint density at radius 2 is 1.95 bits per heavy atom. The molecule has 0 aliphatic heterocycles. The van der Waals surface area contributed by atoms with Crippen LogP contribution in [0.25, 0.3) is 0 Å². The molecule has 1 aromatic carbocycles. The molecule has 0 spiro atoms. The first-order valence-corrected chi connectivity index (χ1v) is 8.64. The number of aliphatic carboxylic acids is 1. The molecule has 0 radical (unpaired) electrons. The van der Waals surface area contributed by atoms with Crippen LogP contribution in [0.3, 0.4) is 0 Å². The maximum Gasteiger partial charge on any atom is 0.328 e. The highest BCUT2D eigenvalue weighted by Crippen LogP contribution is 2.43. The van der Waals surface area contributed by atoms with Gasteiger partial charge in [-0.3, -0.25) is 18.7 Å². The Balaban J connectivity index is 2.74. The number of carbonyl (C=O) groups excluding carboxylic acids is 1. The van der Waals surface area contributed by atoms with Gasteiger partial charge in [-0.2, -0.15) is 0 Å². The Hall–Kier alpha value is -1.69. The van der Waals surface area contributed by atoms with Gasteiger partial charge in [0.15, 0.2) is 0 Å². The third-order valence-corrected chi connectivity index (χ3v) is 4.27. The Morgan fingerprint density at radius 1 is 1.32 bits per heavy atom. The van der Waals surface area contributed by atoms with Crippen LogP contribution in [-0.4, -0.2) is 40.7 Å². The van der Waals surface area contributed by atoms with Crippen molar-refractivity contribution in [2.75, 3.05) is 12.7 Å². The van der Waals surface area contributed by atoms with Crippen molar-refractivity contribution in [1.29, 1.82) is 0 Å². The quantitative estimate of drug-likeness (QED) is 0.590. The van der Waals surface area contributed by atoms with Crippen molar-refractivity contribution in [2.45, 2.75) is 25.9 Å². The Kier molecular flexibility index (Phi) is 7.24. The van der Waals surface area contributed by atoms with Crippen LogP contribution in [0.5, 0.6) is 0 Å². The van der Waals surface area contributed by atoms with Crippen LogP contribution in [0, 0.1) is 0 Å². The molecular formula is C14H20NO6P. The number of carboxylic acids is 1. The fourth-order valence-electron chi connectivity index (χ4n) is 1.69. The summed E-state index contributed by atoms with van der Waals surface area (Å²) >= 11 is 0. The maximum atomic E-state index is 12.1. The molecule has 122 valence electrons. The highest BCUT2D eigenvalue weighted by molar-refractivity contribution is 7.52. The average Bonchev–Trinajstić information content (AvgIpc) is 2.47. The summed E-state index contributed by atoms with van der Waals surface area (Å²) in [5.41, 5.74) is 0.775. The lowest BCUT2D eigenvalue weighted by atomic mass is 10.1. The second-order valence-corrected chi connectivity index (χ2v) is 6.79. The van der Waals surface area contributed by atoms with Gasteiger partial charge in [-0.1, -0.05) is 37.3 Å². The lowest BCUT2D eigenvalue weighted by Gasteiger charge is -2.20. The van der Waals surface area contributed by atoms with Gasteiger partial charge in [-0.15, -0.1) is 0 Å². The van der Waals surface area contributed by atoms with Gasteiger partial charge in [-0.05, 0) is 5.56 Å². The highest BCUT2D eigenvalue weighted by atomic mass is 31.2. The van der Waals surface area contributed by atoms with Gasteiger partial charge in [0.1, 0.15) is 6.10 Å². The Bertz CT molecular complexity index is 548. The van der Waals surface area contributed by atoms with E-state index in [0.717, 1.165) is 5.56 Å². The van der Waals surface area contributed by atoms with Crippen LogP contribution in [0.1, 0.15) is 18.9 Å². The SMILES string of the molecule is CCP(=O)(O)O[C@@H](Cc1ccccc1)C(=O)NCCC(=O)O. The van der Waals surface area contributed by atoms with Gasteiger partial charge in [0.25, 0.3) is 0 Å². The third kappa shape index (κ3) is 6.85. The van der Waals surface area contributed by atoms with Gasteiger partial charge in [0.2, 0.25) is 5.91 Å². The zero-order chi connectivity index (χ0) is 16.6. The molecule has 0 aliphatic rings. The molecule has 7 nitrogen and oxygen atoms in total. The number of hydrogen-bond donors (Lipinski definition) is 3. The number of carbonyl (C=O) groups is 2. The molecule has 2 atom stereocenters. The van der Waals surface area contributed by atoms with E-state index in [9.17, 15) is 19.0 Å². The normalized spacial score (nSPS) is 14.8. The monoisotopic (exact) mass is 329 g/mol. The van der Waals surface area contributed by atoms with E-state index in [-0.39, 0.29) is 25.5 Å². The first-order chi connectivity index (χ1) is 10.3. The molecule has 1 rings (SSSR count). The minimum absolute atomic E-state index is 0.0648. The number of rotatable bonds is 9. The van der Waals surface area contributed by atoms with E-state index in [1.54, 1.807) is 24.3 Å². The highest BCUT2D eigenvalue weighted by Gasteiger charge is 2.28. The molecule has 0 fully saturated rings. The van der Waals surface area contributed by atoms with Crippen LogP contribution in [0.4, 0.5) is 0 Å². The molecule has 0 saturated carbocycles. The number of benzene rings is 1. The molecule has 0 aromatic heterocycles. The summed E-state index contributed by atoms with van der Waals surface area (Å²) in [4.78, 5) is 32.1. The van der Waals surface area contributed by atoms with Crippen molar-refractivity contribution in [3.05, 3.63) is 35.9 Å². The zero-order valence-electron chi connectivity index (χ0n) is 12.3. The van der Waals surface area contributed by atoms with Gasteiger partial charge < -0.3 is 15.3 Å². The van der Waals surface area contributed by atoms with E-state index in [1.165, 1.54) is 6.92 Å². The topological polar surface area (TPSA) is 113 Å². The van der Waals surface area contributed by atoms with Gasteiger partial charge in [-0.25, -0.2) is 0 Å². The number of nitrogens with one attached hydrogen (secondary N) is 1. The van der Waals surface area contributed by atoms with E-state index in [4.69, 9.17) is 9.63 Å². The number of carboxylic acid groups (broad SMARTS) is 1. The lowest BCUT2D eigenvalue weighted by molar-refractivity contribution is -0.137. The van der Waals surface area contributed by atoms with Crippen LogP contribution in [0.2, 0.25) is 0 Å². The molecule has 1 aromatic rings. The fraction of sp³-hybridized carbons (Fsp3) is 0.429. The fourth-order valence-corrected chi connectivity index (χ4v) is 2.40. The van der Waals surface area contributed by atoms with E-state index in [1.807, 2.05) is 6.07 Å². The van der Waals surface area contributed by atoms with Gasteiger partial charge >= 0.3 is 13.6 Å². The van der Waals surface area contributed by atoms with Crippen molar-refractivity contribution in [3.63, 3.8) is 0 Å². The van der Waals surface area contributed by atoms with Crippen molar-refractivity contribution < 1.29 is 28.7 Å². The number of hydrogen-bond acceptors (Lipinski definition) is 4. The predicted molar refractivity (Wildman–Crippen MR) is 80.6 cm³/mol. The van der Waals surface area contributed by atoms with Crippen LogP contribution in [-0.2, 0) is 25.1 Å². The molecular weight excluding hydrogens is 309 g/mol. The molecule has 0 aliphatic carbocycles. The van der Waals surface area contributed by atoms with Crippen LogP contribution < -0.4 is 5.32 Å². The summed E-state index contributed by atoms with van der Waals surface area (Å²) in [6.45, 7) is 1.42. The van der Waals surface area contributed by atoms with Crippen molar-refractivity contribution >= 4 is 19.5 Å². The summed E-state index contributed by atoms with van der Waals surface area (Å²) in [5, 5.41) is 11.0. The van der Waals surface area contributed by atoms with E-state index in [0.29, 0.717) is 0 Å². The molecule has 0 saturated heterocycles. The molecule has 1 unspecified atom stereocenters. The second kappa shape index (κ2) is 8.68.